The van der Waals surface area contributed by atoms with E-state index < -0.39 is 5.82 Å². The summed E-state index contributed by atoms with van der Waals surface area (Å²) in [4.78, 5) is 11.7. The van der Waals surface area contributed by atoms with Gasteiger partial charge in [-0.05, 0) is 40.9 Å². The van der Waals surface area contributed by atoms with Gasteiger partial charge in [0.25, 0.3) is 5.91 Å². The molecule has 0 bridgehead atoms. The van der Waals surface area contributed by atoms with Crippen LogP contribution in [0.2, 0.25) is 0 Å². The van der Waals surface area contributed by atoms with E-state index in [0.717, 1.165) is 12.8 Å². The first kappa shape index (κ1) is 11.4. The first-order chi connectivity index (χ1) is 7.61. The van der Waals surface area contributed by atoms with Crippen molar-refractivity contribution in [3.63, 3.8) is 0 Å². The summed E-state index contributed by atoms with van der Waals surface area (Å²) in [5, 5.41) is 2.79. The standard InChI is InChI=1S/C11H11BrFNO2/c1-16-10-8(12)4-6(5-9(10)13)11(15)14-7-2-3-7/h4-5,7H,2-3H2,1H3,(H,14,15). The van der Waals surface area contributed by atoms with Crippen LogP contribution in [0.3, 0.4) is 0 Å². The molecule has 5 heteroatoms. The maximum Gasteiger partial charge on any atom is 0.251 e. The van der Waals surface area contributed by atoms with Crippen LogP contribution in [-0.2, 0) is 0 Å². The Hall–Kier alpha value is -1.10. The number of rotatable bonds is 3. The molecule has 1 aromatic rings. The van der Waals surface area contributed by atoms with Crippen molar-refractivity contribution in [1.29, 1.82) is 0 Å². The van der Waals surface area contributed by atoms with Crippen LogP contribution in [0.4, 0.5) is 4.39 Å². The largest absolute Gasteiger partial charge is 0.492 e. The molecule has 0 heterocycles. The van der Waals surface area contributed by atoms with E-state index in [1.807, 2.05) is 0 Å². The quantitative estimate of drug-likeness (QED) is 0.928. The van der Waals surface area contributed by atoms with E-state index in [9.17, 15) is 9.18 Å². The van der Waals surface area contributed by atoms with Crippen LogP contribution in [0.1, 0.15) is 23.2 Å². The van der Waals surface area contributed by atoms with Crippen LogP contribution >= 0.6 is 15.9 Å². The van der Waals surface area contributed by atoms with Crippen molar-refractivity contribution in [3.8, 4) is 5.75 Å². The van der Waals surface area contributed by atoms with Crippen LogP contribution in [0.15, 0.2) is 16.6 Å². The van der Waals surface area contributed by atoms with Gasteiger partial charge >= 0.3 is 0 Å². The summed E-state index contributed by atoms with van der Waals surface area (Å²) >= 11 is 3.16. The Morgan fingerprint density at radius 3 is 2.75 bits per heavy atom. The van der Waals surface area contributed by atoms with Gasteiger partial charge < -0.3 is 10.1 Å². The number of nitrogens with one attached hydrogen (secondary N) is 1. The van der Waals surface area contributed by atoms with E-state index in [2.05, 4.69) is 21.2 Å². The van der Waals surface area contributed by atoms with E-state index in [0.29, 0.717) is 10.0 Å². The lowest BCUT2D eigenvalue weighted by Gasteiger charge is -2.08. The second kappa shape index (κ2) is 4.41. The Morgan fingerprint density at radius 2 is 2.25 bits per heavy atom. The fourth-order valence-corrected chi connectivity index (χ4v) is 1.98. The normalized spacial score (nSPS) is 14.7. The molecule has 1 fully saturated rings. The van der Waals surface area contributed by atoms with Gasteiger partial charge in [-0.15, -0.1) is 0 Å². The Morgan fingerprint density at radius 1 is 1.56 bits per heavy atom. The number of carbonyl (C=O) groups excluding carboxylic acids is 1. The molecule has 0 unspecified atom stereocenters. The van der Waals surface area contributed by atoms with E-state index in [4.69, 9.17) is 4.74 Å². The zero-order chi connectivity index (χ0) is 11.7. The van der Waals surface area contributed by atoms with Crippen molar-refractivity contribution in [2.45, 2.75) is 18.9 Å². The molecule has 1 saturated carbocycles. The SMILES string of the molecule is COc1c(F)cc(C(=O)NC2CC2)cc1Br. The molecule has 1 amide bonds. The molecule has 0 aromatic heterocycles. The minimum absolute atomic E-state index is 0.114. The van der Waals surface area contributed by atoms with Crippen LogP contribution in [-0.4, -0.2) is 19.1 Å². The Labute approximate surface area is 101 Å². The smallest absolute Gasteiger partial charge is 0.251 e. The van der Waals surface area contributed by atoms with Crippen LogP contribution in [0.5, 0.6) is 5.75 Å². The number of ether oxygens (including phenoxy) is 1. The van der Waals surface area contributed by atoms with Crippen molar-refractivity contribution in [2.24, 2.45) is 0 Å². The third kappa shape index (κ3) is 2.35. The fraction of sp³-hybridized carbons (Fsp3) is 0.364. The van der Waals surface area contributed by atoms with Crippen molar-refractivity contribution in [1.82, 2.24) is 5.32 Å². The minimum Gasteiger partial charge on any atom is -0.492 e. The minimum atomic E-state index is -0.544. The molecule has 0 atom stereocenters. The highest BCUT2D eigenvalue weighted by molar-refractivity contribution is 9.10. The molecule has 3 nitrogen and oxygen atoms in total. The maximum absolute atomic E-state index is 13.5. The lowest BCUT2D eigenvalue weighted by atomic mass is 10.2. The number of benzene rings is 1. The molecule has 86 valence electrons. The van der Waals surface area contributed by atoms with Crippen LogP contribution in [0.25, 0.3) is 0 Å². The van der Waals surface area contributed by atoms with Gasteiger partial charge in [0.1, 0.15) is 0 Å². The van der Waals surface area contributed by atoms with Gasteiger partial charge in [0, 0.05) is 11.6 Å². The van der Waals surface area contributed by atoms with Gasteiger partial charge in [0.05, 0.1) is 11.6 Å². The Kier molecular flexibility index (Phi) is 3.14. The van der Waals surface area contributed by atoms with Gasteiger partial charge in [-0.2, -0.15) is 0 Å². The highest BCUT2D eigenvalue weighted by atomic mass is 79.9. The van der Waals surface area contributed by atoms with E-state index in [-0.39, 0.29) is 17.7 Å². The molecule has 1 aliphatic carbocycles. The van der Waals surface area contributed by atoms with Crippen LogP contribution < -0.4 is 10.1 Å². The van der Waals surface area contributed by atoms with E-state index in [1.54, 1.807) is 6.07 Å². The summed E-state index contributed by atoms with van der Waals surface area (Å²) in [6.45, 7) is 0. The van der Waals surface area contributed by atoms with Gasteiger partial charge in [0.15, 0.2) is 11.6 Å². The summed E-state index contributed by atoms with van der Waals surface area (Å²) in [6, 6.07) is 3.00. The molecule has 16 heavy (non-hydrogen) atoms. The molecular formula is C11H11BrFNO2. The molecular weight excluding hydrogens is 277 g/mol. The predicted octanol–water partition coefficient (Wildman–Crippen LogP) is 2.49. The first-order valence-corrected chi connectivity index (χ1v) is 5.75. The summed E-state index contributed by atoms with van der Waals surface area (Å²) in [7, 11) is 1.38. The Bertz CT molecular complexity index is 409. The Balaban J connectivity index is 2.24. The molecule has 1 aliphatic rings. The molecule has 1 aromatic carbocycles. The second-order valence-electron chi connectivity index (χ2n) is 3.72. The zero-order valence-corrected chi connectivity index (χ0v) is 10.3. The van der Waals surface area contributed by atoms with Crippen molar-refractivity contribution in [2.75, 3.05) is 7.11 Å². The monoisotopic (exact) mass is 287 g/mol. The summed E-state index contributed by atoms with van der Waals surface area (Å²) < 4.78 is 18.8. The van der Waals surface area contributed by atoms with E-state index >= 15 is 0 Å². The zero-order valence-electron chi connectivity index (χ0n) is 8.72. The average molecular weight is 288 g/mol. The number of amides is 1. The molecule has 0 aliphatic heterocycles. The number of hydrogen-bond acceptors (Lipinski definition) is 2. The van der Waals surface area contributed by atoms with Crippen LogP contribution in [0, 0.1) is 5.82 Å². The second-order valence-corrected chi connectivity index (χ2v) is 4.58. The highest BCUT2D eigenvalue weighted by Gasteiger charge is 2.24. The first-order valence-electron chi connectivity index (χ1n) is 4.95. The van der Waals surface area contributed by atoms with Gasteiger partial charge in [-0.3, -0.25) is 4.79 Å². The van der Waals surface area contributed by atoms with Gasteiger partial charge in [0.2, 0.25) is 0 Å². The maximum atomic E-state index is 13.5. The molecule has 0 spiro atoms. The van der Waals surface area contributed by atoms with Gasteiger partial charge in [-0.25, -0.2) is 4.39 Å². The lowest BCUT2D eigenvalue weighted by molar-refractivity contribution is 0.0950. The summed E-state index contributed by atoms with van der Waals surface area (Å²) in [5.41, 5.74) is 0.303. The molecule has 0 saturated heterocycles. The summed E-state index contributed by atoms with van der Waals surface area (Å²) in [6.07, 6.45) is 2.01. The van der Waals surface area contributed by atoms with Gasteiger partial charge in [-0.1, -0.05) is 0 Å². The molecule has 2 rings (SSSR count). The number of halogens is 2. The third-order valence-corrected chi connectivity index (χ3v) is 2.97. The van der Waals surface area contributed by atoms with Crippen molar-refractivity contribution in [3.05, 3.63) is 28.0 Å². The average Bonchev–Trinajstić information content (AvgIpc) is 3.01. The topological polar surface area (TPSA) is 38.3 Å². The predicted molar refractivity (Wildman–Crippen MR) is 61.1 cm³/mol. The molecule has 0 radical (unpaired) electrons. The van der Waals surface area contributed by atoms with Crippen molar-refractivity contribution < 1.29 is 13.9 Å². The highest BCUT2D eigenvalue weighted by Crippen LogP contribution is 2.29. The van der Waals surface area contributed by atoms with E-state index in [1.165, 1.54) is 13.2 Å². The number of methoxy groups -OCH3 is 1. The molecule has 1 N–H and O–H groups in total. The lowest BCUT2D eigenvalue weighted by Crippen LogP contribution is -2.25. The third-order valence-electron chi connectivity index (χ3n) is 2.38. The van der Waals surface area contributed by atoms with Crippen molar-refractivity contribution >= 4 is 21.8 Å². The number of hydrogen-bond donors (Lipinski definition) is 1. The summed E-state index contributed by atoms with van der Waals surface area (Å²) in [5.74, 6) is -0.675. The number of carbonyl (C=O) groups is 1. The fourth-order valence-electron chi connectivity index (χ4n) is 1.38.